The Morgan fingerprint density at radius 3 is 2.90 bits per heavy atom. The van der Waals surface area contributed by atoms with Gasteiger partial charge in [-0.05, 0) is 31.5 Å². The topological polar surface area (TPSA) is 101 Å². The van der Waals surface area contributed by atoms with E-state index < -0.39 is 0 Å². The normalized spacial score (nSPS) is 19.8. The van der Waals surface area contributed by atoms with Crippen molar-refractivity contribution in [2.45, 2.75) is 25.3 Å². The quantitative estimate of drug-likeness (QED) is 0.708. The average molecular weight is 389 g/mol. The highest BCUT2D eigenvalue weighted by Crippen LogP contribution is 2.33. The summed E-state index contributed by atoms with van der Waals surface area (Å²) in [5.41, 5.74) is 3.14. The van der Waals surface area contributed by atoms with Gasteiger partial charge in [0.15, 0.2) is 0 Å². The van der Waals surface area contributed by atoms with Crippen molar-refractivity contribution >= 4 is 33.5 Å². The zero-order chi connectivity index (χ0) is 19.8. The molecule has 0 bridgehead atoms. The smallest absolute Gasteiger partial charge is 0.224 e. The van der Waals surface area contributed by atoms with Crippen LogP contribution in [0.2, 0.25) is 0 Å². The van der Waals surface area contributed by atoms with Crippen LogP contribution in [0.15, 0.2) is 24.5 Å². The Bertz CT molecular complexity index is 1100. The van der Waals surface area contributed by atoms with Gasteiger partial charge in [0.2, 0.25) is 5.91 Å². The number of piperazine rings is 1. The summed E-state index contributed by atoms with van der Waals surface area (Å²) in [6.07, 6.45) is 6.35. The number of amides is 1. The molecule has 3 aromatic rings. The molecule has 2 fully saturated rings. The van der Waals surface area contributed by atoms with Crippen molar-refractivity contribution in [3.8, 4) is 6.07 Å². The molecule has 5 heterocycles. The van der Waals surface area contributed by atoms with Gasteiger partial charge in [0, 0.05) is 50.2 Å². The standard InChI is InChI=1S/C21H23N7O/c22-12-15-10-16-17(13-25-15)26-21-20(16)18(3-5-24-21)27-6-8-28(9-7-27)19(29)11-14-2-1-4-23-14/h3,5,10,13-14,23H,1-2,4,6-9,11H2,(H,24,26)/t14-/m1/s1. The van der Waals surface area contributed by atoms with Gasteiger partial charge in [-0.3, -0.25) is 4.79 Å². The van der Waals surface area contributed by atoms with Crippen molar-refractivity contribution in [2.24, 2.45) is 0 Å². The van der Waals surface area contributed by atoms with Crippen LogP contribution in [-0.4, -0.2) is 64.5 Å². The third-order valence-corrected chi connectivity index (χ3v) is 6.03. The lowest BCUT2D eigenvalue weighted by atomic mass is 10.1. The zero-order valence-electron chi connectivity index (χ0n) is 16.2. The van der Waals surface area contributed by atoms with E-state index in [2.05, 4.69) is 31.2 Å². The summed E-state index contributed by atoms with van der Waals surface area (Å²) in [7, 11) is 0. The number of pyridine rings is 2. The number of nitriles is 1. The molecule has 8 nitrogen and oxygen atoms in total. The molecule has 0 saturated carbocycles. The van der Waals surface area contributed by atoms with Gasteiger partial charge in [0.05, 0.1) is 22.8 Å². The van der Waals surface area contributed by atoms with Gasteiger partial charge in [-0.15, -0.1) is 0 Å². The number of rotatable bonds is 3. The lowest BCUT2D eigenvalue weighted by Crippen LogP contribution is -2.49. The van der Waals surface area contributed by atoms with E-state index in [0.29, 0.717) is 18.2 Å². The third-order valence-electron chi connectivity index (χ3n) is 6.03. The van der Waals surface area contributed by atoms with Crippen LogP contribution in [-0.2, 0) is 4.79 Å². The van der Waals surface area contributed by atoms with E-state index in [-0.39, 0.29) is 5.91 Å². The van der Waals surface area contributed by atoms with Crippen molar-refractivity contribution in [1.82, 2.24) is 25.2 Å². The van der Waals surface area contributed by atoms with Crippen LogP contribution in [0.4, 0.5) is 5.69 Å². The van der Waals surface area contributed by atoms with E-state index in [1.54, 1.807) is 12.4 Å². The van der Waals surface area contributed by atoms with Crippen molar-refractivity contribution in [2.75, 3.05) is 37.6 Å². The van der Waals surface area contributed by atoms with Gasteiger partial charge in [0.25, 0.3) is 0 Å². The predicted molar refractivity (Wildman–Crippen MR) is 111 cm³/mol. The lowest BCUT2D eigenvalue weighted by molar-refractivity contribution is -0.131. The molecule has 29 heavy (non-hydrogen) atoms. The summed E-state index contributed by atoms with van der Waals surface area (Å²) in [4.78, 5) is 28.8. The monoisotopic (exact) mass is 389 g/mol. The molecule has 0 spiro atoms. The molecule has 1 amide bonds. The van der Waals surface area contributed by atoms with Gasteiger partial charge in [-0.2, -0.15) is 5.26 Å². The summed E-state index contributed by atoms with van der Waals surface area (Å²) >= 11 is 0. The van der Waals surface area contributed by atoms with Crippen LogP contribution < -0.4 is 10.2 Å². The molecule has 148 valence electrons. The molecular weight excluding hydrogens is 366 g/mol. The second-order valence-corrected chi connectivity index (χ2v) is 7.77. The third kappa shape index (κ3) is 3.28. The number of aromatic nitrogens is 3. The largest absolute Gasteiger partial charge is 0.367 e. The van der Waals surface area contributed by atoms with Crippen LogP contribution in [0.5, 0.6) is 0 Å². The number of anilines is 1. The number of fused-ring (bicyclic) bond motifs is 3. The first-order valence-corrected chi connectivity index (χ1v) is 10.2. The van der Waals surface area contributed by atoms with Crippen LogP contribution in [0.25, 0.3) is 21.9 Å². The molecule has 2 aliphatic heterocycles. The first kappa shape index (κ1) is 17.9. The number of carbonyl (C=O) groups is 1. The van der Waals surface area contributed by atoms with E-state index in [4.69, 9.17) is 0 Å². The van der Waals surface area contributed by atoms with Crippen LogP contribution >= 0.6 is 0 Å². The van der Waals surface area contributed by atoms with Crippen molar-refractivity contribution < 1.29 is 4.79 Å². The van der Waals surface area contributed by atoms with Crippen molar-refractivity contribution in [3.05, 3.63) is 30.2 Å². The second kappa shape index (κ2) is 7.33. The number of nitrogens with one attached hydrogen (secondary N) is 2. The predicted octanol–water partition coefficient (Wildman–Crippen LogP) is 1.77. The summed E-state index contributed by atoms with van der Waals surface area (Å²) in [6, 6.07) is 6.28. The minimum absolute atomic E-state index is 0.251. The van der Waals surface area contributed by atoms with Gasteiger partial charge < -0.3 is 20.1 Å². The Morgan fingerprint density at radius 1 is 1.28 bits per heavy atom. The number of hydrogen-bond acceptors (Lipinski definition) is 6. The summed E-state index contributed by atoms with van der Waals surface area (Å²) < 4.78 is 0. The number of nitrogens with zero attached hydrogens (tertiary/aromatic N) is 5. The van der Waals surface area contributed by atoms with E-state index in [1.807, 2.05) is 17.0 Å². The first-order chi connectivity index (χ1) is 14.2. The molecule has 1 atom stereocenters. The fourth-order valence-corrected chi connectivity index (χ4v) is 4.49. The summed E-state index contributed by atoms with van der Waals surface area (Å²) in [5, 5.41) is 14.6. The van der Waals surface area contributed by atoms with E-state index in [0.717, 1.165) is 73.2 Å². The minimum Gasteiger partial charge on any atom is -0.367 e. The summed E-state index contributed by atoms with van der Waals surface area (Å²) in [5.74, 6) is 0.251. The molecule has 2 aliphatic rings. The highest BCUT2D eigenvalue weighted by Gasteiger charge is 2.26. The van der Waals surface area contributed by atoms with Crippen molar-refractivity contribution in [1.29, 1.82) is 5.26 Å². The SMILES string of the molecule is N#Cc1cc2c(cn1)[nH]c1nccc(N3CCN(C(=O)C[C@H]4CCCN4)CC3)c12. The molecule has 0 aliphatic carbocycles. The van der Waals surface area contributed by atoms with Gasteiger partial charge >= 0.3 is 0 Å². The Balaban J connectivity index is 1.38. The highest BCUT2D eigenvalue weighted by molar-refractivity contribution is 6.12. The molecule has 2 N–H and O–H groups in total. The second-order valence-electron chi connectivity index (χ2n) is 7.77. The van der Waals surface area contributed by atoms with Gasteiger partial charge in [0.1, 0.15) is 17.4 Å². The van der Waals surface area contributed by atoms with E-state index >= 15 is 0 Å². The Kier molecular flexibility index (Phi) is 4.52. The highest BCUT2D eigenvalue weighted by atomic mass is 16.2. The maximum absolute atomic E-state index is 12.6. The van der Waals surface area contributed by atoms with Crippen LogP contribution in [0.3, 0.4) is 0 Å². The summed E-state index contributed by atoms with van der Waals surface area (Å²) in [6.45, 7) is 4.04. The van der Waals surface area contributed by atoms with Gasteiger partial charge in [-0.25, -0.2) is 9.97 Å². The molecule has 0 aromatic carbocycles. The number of aromatic amines is 1. The molecule has 5 rings (SSSR count). The fraction of sp³-hybridized carbons (Fsp3) is 0.429. The number of H-pyrrole nitrogens is 1. The molecular formula is C21H23N7O. The Morgan fingerprint density at radius 2 is 2.14 bits per heavy atom. The van der Waals surface area contributed by atoms with E-state index in [1.165, 1.54) is 0 Å². The van der Waals surface area contributed by atoms with Crippen LogP contribution in [0, 0.1) is 11.3 Å². The molecule has 8 heteroatoms. The number of carbonyl (C=O) groups excluding carboxylic acids is 1. The average Bonchev–Trinajstić information content (AvgIpc) is 3.40. The van der Waals surface area contributed by atoms with Crippen molar-refractivity contribution in [3.63, 3.8) is 0 Å². The zero-order valence-corrected chi connectivity index (χ0v) is 16.2. The molecule has 0 unspecified atom stereocenters. The number of hydrogen-bond donors (Lipinski definition) is 2. The lowest BCUT2D eigenvalue weighted by Gasteiger charge is -2.36. The maximum atomic E-state index is 12.6. The fourth-order valence-electron chi connectivity index (χ4n) is 4.49. The van der Waals surface area contributed by atoms with Crippen LogP contribution in [0.1, 0.15) is 25.0 Å². The van der Waals surface area contributed by atoms with Gasteiger partial charge in [-0.1, -0.05) is 0 Å². The molecule has 3 aromatic heterocycles. The van der Waals surface area contributed by atoms with E-state index in [9.17, 15) is 10.1 Å². The Hall–Kier alpha value is -3.18. The first-order valence-electron chi connectivity index (χ1n) is 10.2. The molecule has 0 radical (unpaired) electrons. The Labute approximate surface area is 168 Å². The molecule has 2 saturated heterocycles. The maximum Gasteiger partial charge on any atom is 0.224 e. The minimum atomic E-state index is 0.251.